The van der Waals surface area contributed by atoms with Crippen molar-refractivity contribution in [2.24, 2.45) is 0 Å². The summed E-state index contributed by atoms with van der Waals surface area (Å²) in [4.78, 5) is 23.9. The molecule has 0 saturated carbocycles. The largest absolute Gasteiger partial charge is 0.463 e. The molecular weight excluding hydrogens is 596 g/mol. The first kappa shape index (κ1) is 44.7. The molecule has 0 amide bonds. The van der Waals surface area contributed by atoms with Gasteiger partial charge in [-0.15, -0.1) is 0 Å². The van der Waals surface area contributed by atoms with Crippen molar-refractivity contribution in [3.05, 3.63) is 48.6 Å². The highest BCUT2D eigenvalue weighted by Gasteiger charge is 2.15. The molecule has 0 unspecified atom stereocenters. The summed E-state index contributed by atoms with van der Waals surface area (Å²) < 4.78 is 10.1. The van der Waals surface area contributed by atoms with E-state index in [0.29, 0.717) is 12.8 Å². The molecule has 0 aliphatic carbocycles. The molecule has 0 heterocycles. The van der Waals surface area contributed by atoms with Crippen LogP contribution in [0.3, 0.4) is 0 Å². The maximum absolute atomic E-state index is 12.0. The Hall–Kier alpha value is -2.26. The predicted octanol–water partition coefficient (Wildman–Crippen LogP) is 7.97. The molecule has 272 valence electrons. The fraction of sp³-hybridized carbons (Fsp3) is 0.744. The minimum Gasteiger partial charge on any atom is -0.463 e. The maximum Gasteiger partial charge on any atom is 0.305 e. The normalized spacial score (nSPS) is 14.8. The molecule has 4 N–H and O–H groups in total. The van der Waals surface area contributed by atoms with Crippen molar-refractivity contribution >= 4 is 11.9 Å². The van der Waals surface area contributed by atoms with Crippen LogP contribution in [-0.4, -0.2) is 70.0 Å². The zero-order valence-corrected chi connectivity index (χ0v) is 29.6. The molecule has 0 aromatic heterocycles. The molecule has 0 rings (SSSR count). The summed E-state index contributed by atoms with van der Waals surface area (Å²) in [6.07, 6.45) is 31.1. The summed E-state index contributed by atoms with van der Waals surface area (Å²) >= 11 is 0. The van der Waals surface area contributed by atoms with Gasteiger partial charge < -0.3 is 29.9 Å². The third-order valence-corrected chi connectivity index (χ3v) is 7.93. The van der Waals surface area contributed by atoms with Gasteiger partial charge in [0.15, 0.2) is 0 Å². The van der Waals surface area contributed by atoms with Gasteiger partial charge in [-0.25, -0.2) is 0 Å². The quantitative estimate of drug-likeness (QED) is 0.0323. The van der Waals surface area contributed by atoms with E-state index in [9.17, 15) is 30.0 Å². The Labute approximate surface area is 286 Å². The Morgan fingerprint density at radius 1 is 0.511 bits per heavy atom. The van der Waals surface area contributed by atoms with Gasteiger partial charge in [0, 0.05) is 12.8 Å². The van der Waals surface area contributed by atoms with Crippen LogP contribution in [0.5, 0.6) is 0 Å². The van der Waals surface area contributed by atoms with Crippen molar-refractivity contribution < 1.29 is 39.5 Å². The number of unbranched alkanes of at least 4 members (excludes halogenated alkanes) is 14. The number of carbonyl (C=O) groups excluding carboxylic acids is 2. The van der Waals surface area contributed by atoms with Crippen LogP contribution in [0, 0.1) is 0 Å². The molecule has 0 radical (unpaired) electrons. The highest BCUT2D eigenvalue weighted by molar-refractivity contribution is 5.69. The topological polar surface area (TPSA) is 134 Å². The van der Waals surface area contributed by atoms with E-state index >= 15 is 0 Å². The minimum atomic E-state index is -1.09. The van der Waals surface area contributed by atoms with Crippen molar-refractivity contribution in [1.82, 2.24) is 0 Å². The van der Waals surface area contributed by atoms with Crippen LogP contribution in [0.2, 0.25) is 0 Å². The van der Waals surface area contributed by atoms with E-state index in [1.165, 1.54) is 70.3 Å². The fourth-order valence-corrected chi connectivity index (χ4v) is 4.94. The van der Waals surface area contributed by atoms with Gasteiger partial charge in [0.1, 0.15) is 19.3 Å². The van der Waals surface area contributed by atoms with Crippen LogP contribution in [-0.2, 0) is 19.1 Å². The van der Waals surface area contributed by atoms with Crippen molar-refractivity contribution in [1.29, 1.82) is 0 Å². The second kappa shape index (κ2) is 33.6. The Morgan fingerprint density at radius 3 is 1.47 bits per heavy atom. The van der Waals surface area contributed by atoms with Crippen molar-refractivity contribution in [2.75, 3.05) is 13.2 Å². The lowest BCUT2D eigenvalue weighted by Crippen LogP contribution is -2.26. The van der Waals surface area contributed by atoms with Gasteiger partial charge in [-0.3, -0.25) is 9.59 Å². The Morgan fingerprint density at radius 2 is 0.936 bits per heavy atom. The number of aliphatic hydroxyl groups is 4. The zero-order chi connectivity index (χ0) is 34.8. The number of aliphatic hydroxyl groups excluding tert-OH is 4. The van der Waals surface area contributed by atoms with Gasteiger partial charge >= 0.3 is 11.9 Å². The first-order valence-electron chi connectivity index (χ1n) is 18.5. The molecule has 0 aromatic carbocycles. The monoisotopic (exact) mass is 664 g/mol. The van der Waals surface area contributed by atoms with Gasteiger partial charge in [-0.1, -0.05) is 159 Å². The molecule has 0 aliphatic heterocycles. The lowest BCUT2D eigenvalue weighted by molar-refractivity contribution is -0.152. The van der Waals surface area contributed by atoms with E-state index in [1.807, 2.05) is 6.08 Å². The second-order valence-electron chi connectivity index (χ2n) is 12.6. The number of ether oxygens (including phenoxy) is 2. The van der Waals surface area contributed by atoms with E-state index in [1.54, 1.807) is 36.5 Å². The van der Waals surface area contributed by atoms with Crippen LogP contribution in [0.4, 0.5) is 0 Å². The Kier molecular flexibility index (Phi) is 32.0. The van der Waals surface area contributed by atoms with E-state index < -0.39 is 30.4 Å². The second-order valence-corrected chi connectivity index (χ2v) is 12.6. The minimum absolute atomic E-state index is 0.0323. The SMILES string of the molecule is CCCCCCCCCCCCCCCC(=O)OC[C@@H](O)COC(=O)CCC[C@@H](O)[C@H](O)/C=C/C=C/C=C\C=C\[C@H](O)CCCCC. The number of rotatable bonds is 32. The summed E-state index contributed by atoms with van der Waals surface area (Å²) in [6, 6.07) is 0. The molecule has 0 bridgehead atoms. The summed E-state index contributed by atoms with van der Waals surface area (Å²) in [6.45, 7) is 3.89. The zero-order valence-electron chi connectivity index (χ0n) is 29.6. The number of carbonyl (C=O) groups is 2. The summed E-state index contributed by atoms with van der Waals surface area (Å²) in [5.74, 6) is -0.884. The van der Waals surface area contributed by atoms with Crippen LogP contribution < -0.4 is 0 Å². The fourth-order valence-electron chi connectivity index (χ4n) is 4.94. The number of hydrogen-bond donors (Lipinski definition) is 4. The number of allylic oxidation sites excluding steroid dienone is 6. The lowest BCUT2D eigenvalue weighted by Gasteiger charge is -2.14. The van der Waals surface area contributed by atoms with Gasteiger partial charge in [0.05, 0.1) is 18.3 Å². The van der Waals surface area contributed by atoms with Crippen molar-refractivity contribution in [3.63, 3.8) is 0 Å². The Balaban J connectivity index is 3.81. The van der Waals surface area contributed by atoms with Gasteiger partial charge in [-0.2, -0.15) is 0 Å². The molecule has 0 spiro atoms. The van der Waals surface area contributed by atoms with Crippen LogP contribution in [0.15, 0.2) is 48.6 Å². The molecule has 8 heteroatoms. The molecule has 4 atom stereocenters. The molecular formula is C39H68O8. The summed E-state index contributed by atoms with van der Waals surface area (Å²) in [7, 11) is 0. The predicted molar refractivity (Wildman–Crippen MR) is 191 cm³/mol. The summed E-state index contributed by atoms with van der Waals surface area (Å²) in [5.41, 5.74) is 0. The highest BCUT2D eigenvalue weighted by atomic mass is 16.6. The molecule has 8 nitrogen and oxygen atoms in total. The van der Waals surface area contributed by atoms with Crippen LogP contribution >= 0.6 is 0 Å². The van der Waals surface area contributed by atoms with Crippen molar-refractivity contribution in [2.45, 2.75) is 173 Å². The standard InChI is InChI=1S/C39H68O8/c1-3-5-7-8-9-10-11-12-13-14-15-20-24-30-38(44)46-32-35(41)33-47-39(45)31-25-29-37(43)36(42)28-23-19-17-16-18-22-27-34(40)26-21-6-4-2/h16-19,22-23,27-28,34-37,40-43H,3-15,20-21,24-26,29-33H2,1-2H3/b18-16-,19-17+,27-22+,28-23+/t34-,35-,36-,37-/m1/s1. The van der Waals surface area contributed by atoms with Gasteiger partial charge in [0.25, 0.3) is 0 Å². The van der Waals surface area contributed by atoms with E-state index in [0.717, 1.165) is 44.9 Å². The first-order chi connectivity index (χ1) is 22.8. The number of esters is 2. The lowest BCUT2D eigenvalue weighted by atomic mass is 10.0. The molecule has 0 aromatic rings. The average molecular weight is 665 g/mol. The van der Waals surface area contributed by atoms with Crippen LogP contribution in [0.1, 0.15) is 149 Å². The smallest absolute Gasteiger partial charge is 0.305 e. The van der Waals surface area contributed by atoms with E-state index in [4.69, 9.17) is 9.47 Å². The first-order valence-corrected chi connectivity index (χ1v) is 18.5. The Bertz CT molecular complexity index is 850. The molecule has 0 aliphatic rings. The third-order valence-electron chi connectivity index (χ3n) is 7.93. The highest BCUT2D eigenvalue weighted by Crippen LogP contribution is 2.13. The number of hydrogen-bond acceptors (Lipinski definition) is 8. The van der Waals surface area contributed by atoms with Gasteiger partial charge in [0.2, 0.25) is 0 Å². The van der Waals surface area contributed by atoms with Crippen LogP contribution in [0.25, 0.3) is 0 Å². The summed E-state index contributed by atoms with van der Waals surface area (Å²) in [5, 5.41) is 40.0. The van der Waals surface area contributed by atoms with E-state index in [2.05, 4.69) is 13.8 Å². The third kappa shape index (κ3) is 32.1. The van der Waals surface area contributed by atoms with Gasteiger partial charge in [-0.05, 0) is 25.7 Å². The maximum atomic E-state index is 12.0. The molecule has 47 heavy (non-hydrogen) atoms. The average Bonchev–Trinajstić information content (AvgIpc) is 3.06. The van der Waals surface area contributed by atoms with Crippen molar-refractivity contribution in [3.8, 4) is 0 Å². The molecule has 0 saturated heterocycles. The van der Waals surface area contributed by atoms with E-state index in [-0.39, 0.29) is 32.0 Å². The molecule has 0 fully saturated rings.